The number of likely N-dealkylation sites (tertiary alicyclic amines) is 1. The fourth-order valence-electron chi connectivity index (χ4n) is 3.68. The maximum absolute atomic E-state index is 13.2. The number of ether oxygens (including phenoxy) is 1. The number of rotatable bonds is 4. The highest BCUT2D eigenvalue weighted by atomic mass is 16.5. The lowest BCUT2D eigenvalue weighted by atomic mass is 10.0. The molecule has 2 heterocycles. The summed E-state index contributed by atoms with van der Waals surface area (Å²) in [5.74, 6) is 0.917. The molecule has 0 saturated carbocycles. The third kappa shape index (κ3) is 3.10. The Balaban J connectivity index is 1.62. The lowest BCUT2D eigenvalue weighted by molar-refractivity contribution is 0.0735. The molecule has 132 valence electrons. The van der Waals surface area contributed by atoms with Crippen molar-refractivity contribution in [1.82, 2.24) is 9.47 Å². The van der Waals surface area contributed by atoms with Gasteiger partial charge in [0.05, 0.1) is 13.2 Å². The molecule has 0 spiro atoms. The number of carbonyl (C=O) groups is 1. The summed E-state index contributed by atoms with van der Waals surface area (Å²) >= 11 is 0. The highest BCUT2D eigenvalue weighted by Gasteiger charge is 2.30. The molecule has 1 unspecified atom stereocenters. The minimum absolute atomic E-state index is 0.0873. The SMILES string of the molecule is COc1cccc(C2CCCN2C(=O)c2cccc(-n3cccc3)c2)c1. The van der Waals surface area contributed by atoms with Crippen molar-refractivity contribution in [1.29, 1.82) is 0 Å². The molecule has 0 aliphatic carbocycles. The average molecular weight is 346 g/mol. The van der Waals surface area contributed by atoms with Crippen LogP contribution in [-0.4, -0.2) is 29.0 Å². The van der Waals surface area contributed by atoms with Crippen LogP contribution in [0.15, 0.2) is 73.1 Å². The normalized spacial score (nSPS) is 16.7. The molecule has 2 aromatic carbocycles. The van der Waals surface area contributed by atoms with Crippen LogP contribution in [0.2, 0.25) is 0 Å². The van der Waals surface area contributed by atoms with Gasteiger partial charge in [0, 0.05) is 30.2 Å². The van der Waals surface area contributed by atoms with Crippen LogP contribution in [0.1, 0.15) is 34.8 Å². The molecule has 0 bridgehead atoms. The number of carbonyl (C=O) groups excluding carboxylic acids is 1. The lowest BCUT2D eigenvalue weighted by Gasteiger charge is -2.25. The quantitative estimate of drug-likeness (QED) is 0.699. The Morgan fingerprint density at radius 2 is 1.85 bits per heavy atom. The van der Waals surface area contributed by atoms with Crippen LogP contribution in [0.4, 0.5) is 0 Å². The van der Waals surface area contributed by atoms with Gasteiger partial charge in [0.2, 0.25) is 0 Å². The van der Waals surface area contributed by atoms with Crippen molar-refractivity contribution in [3.8, 4) is 11.4 Å². The van der Waals surface area contributed by atoms with Crippen molar-refractivity contribution in [3.05, 3.63) is 84.2 Å². The van der Waals surface area contributed by atoms with E-state index < -0.39 is 0 Å². The van der Waals surface area contributed by atoms with Gasteiger partial charge in [-0.15, -0.1) is 0 Å². The van der Waals surface area contributed by atoms with Gasteiger partial charge in [-0.3, -0.25) is 4.79 Å². The highest BCUT2D eigenvalue weighted by molar-refractivity contribution is 5.95. The maximum atomic E-state index is 13.2. The molecule has 1 fully saturated rings. The van der Waals surface area contributed by atoms with E-state index in [4.69, 9.17) is 4.74 Å². The molecule has 0 N–H and O–H groups in total. The molecule has 4 nitrogen and oxygen atoms in total. The van der Waals surface area contributed by atoms with Crippen molar-refractivity contribution < 1.29 is 9.53 Å². The first-order valence-corrected chi connectivity index (χ1v) is 8.94. The largest absolute Gasteiger partial charge is 0.497 e. The standard InChI is InChI=1S/C22H22N2O2/c1-26-20-10-5-7-17(16-20)21-11-6-14-24(21)22(25)18-8-4-9-19(15-18)23-12-2-3-13-23/h2-5,7-10,12-13,15-16,21H,6,11,14H2,1H3. The molecule has 1 aliphatic heterocycles. The smallest absolute Gasteiger partial charge is 0.254 e. The van der Waals surface area contributed by atoms with Gasteiger partial charge in [-0.25, -0.2) is 0 Å². The Morgan fingerprint density at radius 1 is 1.04 bits per heavy atom. The molecule has 1 aliphatic rings. The Morgan fingerprint density at radius 3 is 2.65 bits per heavy atom. The van der Waals surface area contributed by atoms with Crippen LogP contribution < -0.4 is 4.74 Å². The van der Waals surface area contributed by atoms with Crippen molar-refractivity contribution >= 4 is 5.91 Å². The fourth-order valence-corrected chi connectivity index (χ4v) is 3.68. The summed E-state index contributed by atoms with van der Waals surface area (Å²) in [4.78, 5) is 15.2. The van der Waals surface area contributed by atoms with E-state index in [9.17, 15) is 4.79 Å². The number of aromatic nitrogens is 1. The predicted octanol–water partition coefficient (Wildman–Crippen LogP) is 4.46. The molecule has 1 saturated heterocycles. The van der Waals surface area contributed by atoms with E-state index in [1.54, 1.807) is 7.11 Å². The molecular formula is C22H22N2O2. The van der Waals surface area contributed by atoms with Crippen LogP contribution in [0.3, 0.4) is 0 Å². The molecule has 1 aromatic heterocycles. The fraction of sp³-hybridized carbons (Fsp3) is 0.227. The van der Waals surface area contributed by atoms with Crippen molar-refractivity contribution in [2.24, 2.45) is 0 Å². The topological polar surface area (TPSA) is 34.5 Å². The summed E-state index contributed by atoms with van der Waals surface area (Å²) in [6.45, 7) is 0.786. The van der Waals surface area contributed by atoms with Crippen molar-refractivity contribution in [2.45, 2.75) is 18.9 Å². The van der Waals surface area contributed by atoms with E-state index in [1.165, 1.54) is 0 Å². The van der Waals surface area contributed by atoms with Crippen LogP contribution >= 0.6 is 0 Å². The first-order chi connectivity index (χ1) is 12.8. The van der Waals surface area contributed by atoms with Crippen LogP contribution in [-0.2, 0) is 0 Å². The van der Waals surface area contributed by atoms with E-state index in [0.717, 1.165) is 42.0 Å². The van der Waals surface area contributed by atoms with Gasteiger partial charge in [0.1, 0.15) is 5.75 Å². The zero-order valence-corrected chi connectivity index (χ0v) is 14.8. The average Bonchev–Trinajstić information content (AvgIpc) is 3.39. The summed E-state index contributed by atoms with van der Waals surface area (Å²) in [5.41, 5.74) is 2.86. The third-order valence-electron chi connectivity index (χ3n) is 4.99. The summed E-state index contributed by atoms with van der Waals surface area (Å²) in [5, 5.41) is 0. The van der Waals surface area contributed by atoms with Gasteiger partial charge in [-0.2, -0.15) is 0 Å². The minimum Gasteiger partial charge on any atom is -0.497 e. The van der Waals surface area contributed by atoms with Crippen molar-refractivity contribution in [2.75, 3.05) is 13.7 Å². The molecule has 4 heteroatoms. The molecule has 26 heavy (non-hydrogen) atoms. The number of nitrogens with zero attached hydrogens (tertiary/aromatic N) is 2. The zero-order valence-electron chi connectivity index (χ0n) is 14.8. The van der Waals surface area contributed by atoms with Gasteiger partial charge < -0.3 is 14.2 Å². The van der Waals surface area contributed by atoms with Gasteiger partial charge in [0.25, 0.3) is 5.91 Å². The second-order valence-electron chi connectivity index (χ2n) is 6.57. The second kappa shape index (κ2) is 7.08. The maximum Gasteiger partial charge on any atom is 0.254 e. The Bertz CT molecular complexity index is 902. The monoisotopic (exact) mass is 346 g/mol. The minimum atomic E-state index is 0.0873. The first kappa shape index (κ1) is 16.5. The van der Waals surface area contributed by atoms with E-state index in [2.05, 4.69) is 6.07 Å². The lowest BCUT2D eigenvalue weighted by Crippen LogP contribution is -2.30. The summed E-state index contributed by atoms with van der Waals surface area (Å²) in [6, 6.07) is 19.9. The number of hydrogen-bond donors (Lipinski definition) is 0. The predicted molar refractivity (Wildman–Crippen MR) is 102 cm³/mol. The molecule has 0 radical (unpaired) electrons. The number of methoxy groups -OCH3 is 1. The zero-order chi connectivity index (χ0) is 17.9. The molecule has 3 aromatic rings. The van der Waals surface area contributed by atoms with Gasteiger partial charge in [-0.1, -0.05) is 18.2 Å². The third-order valence-corrected chi connectivity index (χ3v) is 4.99. The van der Waals surface area contributed by atoms with Crippen LogP contribution in [0, 0.1) is 0 Å². The number of benzene rings is 2. The molecule has 1 amide bonds. The second-order valence-corrected chi connectivity index (χ2v) is 6.57. The highest BCUT2D eigenvalue weighted by Crippen LogP contribution is 2.34. The van der Waals surface area contributed by atoms with E-state index in [-0.39, 0.29) is 11.9 Å². The van der Waals surface area contributed by atoms with E-state index >= 15 is 0 Å². The molecule has 1 atom stereocenters. The summed E-state index contributed by atoms with van der Waals surface area (Å²) in [6.07, 6.45) is 5.97. The van der Waals surface area contributed by atoms with Crippen LogP contribution in [0.5, 0.6) is 5.75 Å². The van der Waals surface area contributed by atoms with Gasteiger partial charge in [-0.05, 0) is 60.9 Å². The Kier molecular flexibility index (Phi) is 4.48. The van der Waals surface area contributed by atoms with Crippen molar-refractivity contribution in [3.63, 3.8) is 0 Å². The Hall–Kier alpha value is -3.01. The van der Waals surface area contributed by atoms with Gasteiger partial charge >= 0.3 is 0 Å². The molecule has 4 rings (SSSR count). The number of amides is 1. The van der Waals surface area contributed by atoms with Crippen LogP contribution in [0.25, 0.3) is 5.69 Å². The van der Waals surface area contributed by atoms with E-state index in [0.29, 0.717) is 0 Å². The Labute approximate surface area is 153 Å². The van der Waals surface area contributed by atoms with Gasteiger partial charge in [0.15, 0.2) is 0 Å². The number of hydrogen-bond acceptors (Lipinski definition) is 2. The first-order valence-electron chi connectivity index (χ1n) is 8.94. The molecular weight excluding hydrogens is 324 g/mol. The van der Waals surface area contributed by atoms with E-state index in [1.807, 2.05) is 76.5 Å². The summed E-state index contributed by atoms with van der Waals surface area (Å²) < 4.78 is 7.36. The summed E-state index contributed by atoms with van der Waals surface area (Å²) in [7, 11) is 1.67.